The zero-order valence-corrected chi connectivity index (χ0v) is 14.2. The molecule has 1 aliphatic heterocycles. The fourth-order valence-corrected chi connectivity index (χ4v) is 3.28. The third-order valence-electron chi connectivity index (χ3n) is 4.38. The molecule has 0 aliphatic carbocycles. The molecule has 0 unspecified atom stereocenters. The number of amides is 1. The van der Waals surface area contributed by atoms with Gasteiger partial charge in [0.2, 0.25) is 5.91 Å². The smallest absolute Gasteiger partial charge is 0.217 e. The number of likely N-dealkylation sites (tertiary alicyclic amines) is 1. The first kappa shape index (κ1) is 16.5. The van der Waals surface area contributed by atoms with Crippen LogP contribution in [0.4, 0.5) is 0 Å². The summed E-state index contributed by atoms with van der Waals surface area (Å²) in [5.74, 6) is 2.08. The third-order valence-corrected chi connectivity index (χ3v) is 4.38. The van der Waals surface area contributed by atoms with E-state index in [1.165, 1.54) is 5.56 Å². The quantitative estimate of drug-likeness (QED) is 0.918. The van der Waals surface area contributed by atoms with Crippen LogP contribution in [0.2, 0.25) is 0 Å². The summed E-state index contributed by atoms with van der Waals surface area (Å²) in [6, 6.07) is 14.4. The Morgan fingerprint density at radius 1 is 1.25 bits per heavy atom. The number of rotatable bonds is 5. The van der Waals surface area contributed by atoms with Gasteiger partial charge in [0.05, 0.1) is 12.0 Å². The number of nitrogens with one attached hydrogen (secondary N) is 1. The number of benzene rings is 1. The monoisotopic (exact) mass is 324 g/mol. The van der Waals surface area contributed by atoms with Crippen LogP contribution in [-0.4, -0.2) is 36.5 Å². The van der Waals surface area contributed by atoms with Crippen molar-refractivity contribution in [2.75, 3.05) is 19.6 Å². The molecule has 2 heterocycles. The molecule has 1 amide bonds. The van der Waals surface area contributed by atoms with E-state index in [0.29, 0.717) is 0 Å². The van der Waals surface area contributed by atoms with Crippen LogP contribution in [0.5, 0.6) is 0 Å². The first-order valence-electron chi connectivity index (χ1n) is 8.39. The van der Waals surface area contributed by atoms with Gasteiger partial charge in [-0.1, -0.05) is 42.5 Å². The fourth-order valence-electron chi connectivity index (χ4n) is 3.28. The summed E-state index contributed by atoms with van der Waals surface area (Å²) in [7, 11) is 0. The van der Waals surface area contributed by atoms with Crippen LogP contribution in [0.25, 0.3) is 6.08 Å². The Balaban J connectivity index is 1.65. The van der Waals surface area contributed by atoms with Crippen molar-refractivity contribution >= 4 is 12.0 Å². The molecule has 1 aliphatic rings. The van der Waals surface area contributed by atoms with E-state index in [0.717, 1.165) is 31.2 Å². The second kappa shape index (κ2) is 7.49. The lowest BCUT2D eigenvalue weighted by molar-refractivity contribution is -0.119. The highest BCUT2D eigenvalue weighted by Crippen LogP contribution is 2.29. The van der Waals surface area contributed by atoms with E-state index in [1.807, 2.05) is 37.3 Å². The third kappa shape index (κ3) is 4.15. The number of hydrogen-bond donors (Lipinski definition) is 1. The van der Waals surface area contributed by atoms with Gasteiger partial charge in [0.25, 0.3) is 0 Å². The molecular weight excluding hydrogens is 300 g/mol. The molecule has 1 aromatic carbocycles. The first-order chi connectivity index (χ1) is 11.6. The van der Waals surface area contributed by atoms with E-state index >= 15 is 0 Å². The molecule has 3 rings (SSSR count). The summed E-state index contributed by atoms with van der Waals surface area (Å²) in [6.45, 7) is 6.11. The standard InChI is InChI=1S/C20H24N2O2/c1-15-10-11-20(24-15)18-13-22(14-19(18)21-16(2)23)12-6-9-17-7-4-3-5-8-17/h3-11,18-19H,12-14H2,1-2H3,(H,21,23)/b9-6+/t18-,19-/m1/s1. The van der Waals surface area contributed by atoms with Crippen LogP contribution in [0, 0.1) is 6.92 Å². The maximum atomic E-state index is 11.5. The normalized spacial score (nSPS) is 21.4. The van der Waals surface area contributed by atoms with Gasteiger partial charge in [-0.25, -0.2) is 0 Å². The molecule has 1 saturated heterocycles. The zero-order chi connectivity index (χ0) is 16.9. The Labute approximate surface area is 143 Å². The average Bonchev–Trinajstić information content (AvgIpc) is 3.14. The lowest BCUT2D eigenvalue weighted by Gasteiger charge is -2.17. The highest BCUT2D eigenvalue weighted by molar-refractivity contribution is 5.73. The SMILES string of the molecule is CC(=O)N[C@@H]1CN(C/C=C/c2ccccc2)C[C@H]1c1ccc(C)o1. The predicted octanol–water partition coefficient (Wildman–Crippen LogP) is 3.21. The van der Waals surface area contributed by atoms with E-state index < -0.39 is 0 Å². The molecule has 2 aromatic rings. The molecule has 1 fully saturated rings. The Bertz CT molecular complexity index is 705. The van der Waals surface area contributed by atoms with Gasteiger partial charge in [0, 0.05) is 26.6 Å². The minimum atomic E-state index is 0.00922. The van der Waals surface area contributed by atoms with Gasteiger partial charge in [0.1, 0.15) is 11.5 Å². The van der Waals surface area contributed by atoms with Crippen LogP contribution in [-0.2, 0) is 4.79 Å². The molecule has 1 N–H and O–H groups in total. The van der Waals surface area contributed by atoms with Crippen molar-refractivity contribution in [2.24, 2.45) is 0 Å². The second-order valence-electron chi connectivity index (χ2n) is 6.39. The zero-order valence-electron chi connectivity index (χ0n) is 14.2. The van der Waals surface area contributed by atoms with Crippen LogP contribution < -0.4 is 5.32 Å². The van der Waals surface area contributed by atoms with Gasteiger partial charge in [-0.05, 0) is 24.6 Å². The second-order valence-corrected chi connectivity index (χ2v) is 6.39. The molecule has 0 spiro atoms. The van der Waals surface area contributed by atoms with Crippen LogP contribution in [0.15, 0.2) is 53.0 Å². The van der Waals surface area contributed by atoms with Gasteiger partial charge in [-0.3, -0.25) is 9.69 Å². The lowest BCUT2D eigenvalue weighted by Crippen LogP contribution is -2.38. The molecule has 1 aromatic heterocycles. The van der Waals surface area contributed by atoms with Crippen molar-refractivity contribution in [2.45, 2.75) is 25.8 Å². The number of carbonyl (C=O) groups is 1. The highest BCUT2D eigenvalue weighted by Gasteiger charge is 2.35. The molecule has 0 radical (unpaired) electrons. The summed E-state index contributed by atoms with van der Waals surface area (Å²) in [5.41, 5.74) is 1.20. The molecular formula is C20H24N2O2. The van der Waals surface area contributed by atoms with Gasteiger partial charge in [0.15, 0.2) is 0 Å². The maximum absolute atomic E-state index is 11.5. The predicted molar refractivity (Wildman–Crippen MR) is 95.7 cm³/mol. The molecule has 24 heavy (non-hydrogen) atoms. The van der Waals surface area contributed by atoms with Crippen molar-refractivity contribution in [3.63, 3.8) is 0 Å². The Kier molecular flexibility index (Phi) is 5.16. The summed E-state index contributed by atoms with van der Waals surface area (Å²) < 4.78 is 5.81. The lowest BCUT2D eigenvalue weighted by atomic mass is 10.0. The van der Waals surface area contributed by atoms with Crippen LogP contribution in [0.1, 0.15) is 29.9 Å². The number of nitrogens with zero attached hydrogens (tertiary/aromatic N) is 1. The van der Waals surface area contributed by atoms with Crippen molar-refractivity contribution in [3.05, 3.63) is 65.6 Å². The van der Waals surface area contributed by atoms with Gasteiger partial charge < -0.3 is 9.73 Å². The molecule has 126 valence electrons. The molecule has 4 heteroatoms. The van der Waals surface area contributed by atoms with E-state index in [2.05, 4.69) is 34.5 Å². The van der Waals surface area contributed by atoms with Gasteiger partial charge >= 0.3 is 0 Å². The Morgan fingerprint density at radius 2 is 2.04 bits per heavy atom. The van der Waals surface area contributed by atoms with E-state index in [1.54, 1.807) is 6.92 Å². The highest BCUT2D eigenvalue weighted by atomic mass is 16.3. The van der Waals surface area contributed by atoms with Gasteiger partial charge in [-0.2, -0.15) is 0 Å². The van der Waals surface area contributed by atoms with Crippen molar-refractivity contribution in [1.29, 1.82) is 0 Å². The van der Waals surface area contributed by atoms with Gasteiger partial charge in [-0.15, -0.1) is 0 Å². The minimum Gasteiger partial charge on any atom is -0.466 e. The first-order valence-corrected chi connectivity index (χ1v) is 8.39. The van der Waals surface area contributed by atoms with E-state index in [-0.39, 0.29) is 17.9 Å². The summed E-state index contributed by atoms with van der Waals surface area (Å²) in [5, 5.41) is 3.07. The molecule has 2 atom stereocenters. The Morgan fingerprint density at radius 3 is 2.71 bits per heavy atom. The molecule has 4 nitrogen and oxygen atoms in total. The largest absolute Gasteiger partial charge is 0.466 e. The molecule has 0 saturated carbocycles. The van der Waals surface area contributed by atoms with Crippen molar-refractivity contribution < 1.29 is 9.21 Å². The molecule has 0 bridgehead atoms. The van der Waals surface area contributed by atoms with Crippen molar-refractivity contribution in [1.82, 2.24) is 10.2 Å². The van der Waals surface area contributed by atoms with Crippen LogP contribution in [0.3, 0.4) is 0 Å². The summed E-state index contributed by atoms with van der Waals surface area (Å²) in [6.07, 6.45) is 4.31. The number of aryl methyl sites for hydroxylation is 1. The summed E-state index contributed by atoms with van der Waals surface area (Å²) in [4.78, 5) is 13.9. The Hall–Kier alpha value is -2.33. The van der Waals surface area contributed by atoms with E-state index in [9.17, 15) is 4.79 Å². The number of hydrogen-bond acceptors (Lipinski definition) is 3. The minimum absolute atomic E-state index is 0.00922. The average molecular weight is 324 g/mol. The van der Waals surface area contributed by atoms with Crippen LogP contribution >= 0.6 is 0 Å². The number of furan rings is 1. The van der Waals surface area contributed by atoms with E-state index in [4.69, 9.17) is 4.42 Å². The van der Waals surface area contributed by atoms with Crippen molar-refractivity contribution in [3.8, 4) is 0 Å². The maximum Gasteiger partial charge on any atom is 0.217 e. The topological polar surface area (TPSA) is 45.5 Å². The summed E-state index contributed by atoms with van der Waals surface area (Å²) >= 11 is 0. The fraction of sp³-hybridized carbons (Fsp3) is 0.350. The number of carbonyl (C=O) groups excluding carboxylic acids is 1.